The molecule has 2 aliphatic rings. The number of rotatable bonds is 1. The van der Waals surface area contributed by atoms with Crippen LogP contribution >= 0.6 is 0 Å². The van der Waals surface area contributed by atoms with Crippen molar-refractivity contribution in [2.45, 2.75) is 31.5 Å². The number of hydrogen-bond acceptors (Lipinski definition) is 3. The highest BCUT2D eigenvalue weighted by molar-refractivity contribution is 5.68. The predicted octanol–water partition coefficient (Wildman–Crippen LogP) is 0.352. The third kappa shape index (κ3) is 1.69. The van der Waals surface area contributed by atoms with Crippen LogP contribution in [0.3, 0.4) is 0 Å². The van der Waals surface area contributed by atoms with Crippen molar-refractivity contribution >= 4 is 6.09 Å². The van der Waals surface area contributed by atoms with E-state index in [0.717, 1.165) is 12.8 Å². The van der Waals surface area contributed by atoms with E-state index in [0.29, 0.717) is 19.5 Å². The van der Waals surface area contributed by atoms with Crippen LogP contribution in [0.2, 0.25) is 0 Å². The second-order valence-electron chi connectivity index (χ2n) is 3.47. The smallest absolute Gasteiger partial charge is 0.410 e. The number of amides is 1. The molecule has 4 nitrogen and oxygen atoms in total. The van der Waals surface area contributed by atoms with Gasteiger partial charge in [-0.25, -0.2) is 4.79 Å². The minimum Gasteiger partial charge on any atom is -0.446 e. The lowest BCUT2D eigenvalue weighted by Crippen LogP contribution is -2.30. The van der Waals surface area contributed by atoms with Crippen molar-refractivity contribution in [3.63, 3.8) is 0 Å². The summed E-state index contributed by atoms with van der Waals surface area (Å²) in [5.74, 6) is 0. The zero-order valence-electron chi connectivity index (χ0n) is 6.90. The normalized spacial score (nSPS) is 29.1. The van der Waals surface area contributed by atoms with Gasteiger partial charge in [0.2, 0.25) is 0 Å². The Labute approximate surface area is 71.1 Å². The molecule has 68 valence electrons. The summed E-state index contributed by atoms with van der Waals surface area (Å²) in [7, 11) is 0. The largest absolute Gasteiger partial charge is 0.446 e. The Hall–Kier alpha value is -0.770. The van der Waals surface area contributed by atoms with Gasteiger partial charge in [-0.1, -0.05) is 0 Å². The summed E-state index contributed by atoms with van der Waals surface area (Å²) in [5.41, 5.74) is 0. The van der Waals surface area contributed by atoms with Crippen LogP contribution in [-0.4, -0.2) is 41.4 Å². The van der Waals surface area contributed by atoms with E-state index in [-0.39, 0.29) is 18.3 Å². The zero-order valence-corrected chi connectivity index (χ0v) is 6.90. The van der Waals surface area contributed by atoms with Gasteiger partial charge in [0.25, 0.3) is 0 Å². The number of carbonyl (C=O) groups excluding carboxylic acids is 1. The number of β-amino-alcohol motifs (C(OH)–C–C–N with tert-alkyl or cyclic N) is 1. The van der Waals surface area contributed by atoms with Crippen molar-refractivity contribution in [3.8, 4) is 0 Å². The van der Waals surface area contributed by atoms with Crippen LogP contribution in [0.15, 0.2) is 0 Å². The monoisotopic (exact) mass is 171 g/mol. The van der Waals surface area contributed by atoms with Gasteiger partial charge in [0.15, 0.2) is 0 Å². The van der Waals surface area contributed by atoms with E-state index in [1.165, 1.54) is 0 Å². The van der Waals surface area contributed by atoms with Crippen LogP contribution in [0, 0.1) is 0 Å². The van der Waals surface area contributed by atoms with Gasteiger partial charge in [0, 0.05) is 13.1 Å². The number of hydrogen-bond donors (Lipinski definition) is 1. The molecule has 1 aliphatic carbocycles. The molecule has 0 radical (unpaired) electrons. The van der Waals surface area contributed by atoms with E-state index in [2.05, 4.69) is 0 Å². The van der Waals surface area contributed by atoms with Crippen LogP contribution in [0.4, 0.5) is 4.79 Å². The number of aliphatic hydroxyl groups excluding tert-OH is 1. The molecule has 0 aromatic carbocycles. The fourth-order valence-electron chi connectivity index (χ4n) is 1.31. The Bertz CT molecular complexity index is 191. The lowest BCUT2D eigenvalue weighted by atomic mass is 10.3. The van der Waals surface area contributed by atoms with Crippen molar-refractivity contribution in [2.75, 3.05) is 13.1 Å². The highest BCUT2D eigenvalue weighted by atomic mass is 16.6. The van der Waals surface area contributed by atoms with Crippen LogP contribution in [0.25, 0.3) is 0 Å². The molecule has 0 bridgehead atoms. The van der Waals surface area contributed by atoms with E-state index in [1.807, 2.05) is 0 Å². The highest BCUT2D eigenvalue weighted by Crippen LogP contribution is 2.25. The first-order valence-corrected chi connectivity index (χ1v) is 4.39. The first-order chi connectivity index (χ1) is 5.75. The molecule has 0 unspecified atom stereocenters. The van der Waals surface area contributed by atoms with E-state index in [9.17, 15) is 4.79 Å². The van der Waals surface area contributed by atoms with Gasteiger partial charge in [0.1, 0.15) is 6.10 Å². The third-order valence-electron chi connectivity index (χ3n) is 2.21. The molecule has 1 heterocycles. The first kappa shape index (κ1) is 7.86. The number of nitrogens with zero attached hydrogens (tertiary/aromatic N) is 1. The van der Waals surface area contributed by atoms with Gasteiger partial charge >= 0.3 is 6.09 Å². The SMILES string of the molecule is O=C(OC1CC1)N1CC[C@H](O)C1. The Morgan fingerprint density at radius 3 is 2.67 bits per heavy atom. The summed E-state index contributed by atoms with van der Waals surface area (Å²) in [6, 6.07) is 0. The number of aliphatic hydroxyl groups is 1. The second kappa shape index (κ2) is 2.94. The molecule has 2 fully saturated rings. The van der Waals surface area contributed by atoms with Crippen molar-refractivity contribution in [2.24, 2.45) is 0 Å². The molecule has 12 heavy (non-hydrogen) atoms. The summed E-state index contributed by atoms with van der Waals surface area (Å²) in [6.45, 7) is 1.07. The number of likely N-dealkylation sites (tertiary alicyclic amines) is 1. The maximum absolute atomic E-state index is 11.2. The topological polar surface area (TPSA) is 49.8 Å². The molecule has 1 atom stereocenters. The molecule has 1 N–H and O–H groups in total. The molecule has 2 rings (SSSR count). The predicted molar refractivity (Wildman–Crippen MR) is 41.7 cm³/mol. The molecule has 1 saturated carbocycles. The molecule has 0 spiro atoms. The maximum atomic E-state index is 11.2. The fraction of sp³-hybridized carbons (Fsp3) is 0.875. The van der Waals surface area contributed by atoms with Crippen molar-refractivity contribution in [1.82, 2.24) is 4.90 Å². The van der Waals surface area contributed by atoms with Gasteiger partial charge in [0.05, 0.1) is 6.10 Å². The Balaban J connectivity index is 1.79. The van der Waals surface area contributed by atoms with Crippen molar-refractivity contribution in [3.05, 3.63) is 0 Å². The number of carbonyl (C=O) groups is 1. The average molecular weight is 171 g/mol. The van der Waals surface area contributed by atoms with Gasteiger partial charge < -0.3 is 14.7 Å². The fourth-order valence-corrected chi connectivity index (χ4v) is 1.31. The van der Waals surface area contributed by atoms with Gasteiger partial charge in [-0.15, -0.1) is 0 Å². The minimum absolute atomic E-state index is 0.162. The van der Waals surface area contributed by atoms with Crippen LogP contribution in [0.5, 0.6) is 0 Å². The Morgan fingerprint density at radius 1 is 1.42 bits per heavy atom. The summed E-state index contributed by atoms with van der Waals surface area (Å²) >= 11 is 0. The first-order valence-electron chi connectivity index (χ1n) is 4.39. The van der Waals surface area contributed by atoms with Crippen LogP contribution in [-0.2, 0) is 4.74 Å². The van der Waals surface area contributed by atoms with Gasteiger partial charge in [-0.3, -0.25) is 0 Å². The zero-order chi connectivity index (χ0) is 8.55. The van der Waals surface area contributed by atoms with Crippen molar-refractivity contribution < 1.29 is 14.6 Å². The summed E-state index contributed by atoms with van der Waals surface area (Å²) in [6.07, 6.45) is 2.24. The van der Waals surface area contributed by atoms with Crippen LogP contribution in [0.1, 0.15) is 19.3 Å². The molecule has 0 aromatic heterocycles. The summed E-state index contributed by atoms with van der Waals surface area (Å²) < 4.78 is 5.07. The van der Waals surface area contributed by atoms with E-state index in [1.54, 1.807) is 4.90 Å². The molecule has 1 amide bonds. The van der Waals surface area contributed by atoms with Crippen LogP contribution < -0.4 is 0 Å². The number of ether oxygens (including phenoxy) is 1. The summed E-state index contributed by atoms with van der Waals surface area (Å²) in [5, 5.41) is 9.15. The van der Waals surface area contributed by atoms with E-state index < -0.39 is 0 Å². The summed E-state index contributed by atoms with van der Waals surface area (Å²) in [4.78, 5) is 12.8. The Morgan fingerprint density at radius 2 is 2.17 bits per heavy atom. The lowest BCUT2D eigenvalue weighted by molar-refractivity contribution is 0.0968. The minimum atomic E-state index is -0.350. The Kier molecular flexibility index (Phi) is 1.92. The van der Waals surface area contributed by atoms with Crippen molar-refractivity contribution in [1.29, 1.82) is 0 Å². The second-order valence-corrected chi connectivity index (χ2v) is 3.47. The van der Waals surface area contributed by atoms with E-state index >= 15 is 0 Å². The van der Waals surface area contributed by atoms with E-state index in [4.69, 9.17) is 9.84 Å². The quantitative estimate of drug-likeness (QED) is 0.619. The highest BCUT2D eigenvalue weighted by Gasteiger charge is 2.31. The maximum Gasteiger partial charge on any atom is 0.410 e. The molecule has 1 saturated heterocycles. The standard InChI is InChI=1S/C8H13NO3/c10-6-3-4-9(5-6)8(11)12-7-1-2-7/h6-7,10H,1-5H2/t6-/m0/s1. The molecule has 0 aromatic rings. The molecule has 4 heteroatoms. The molecular formula is C8H13NO3. The third-order valence-corrected chi connectivity index (χ3v) is 2.21. The lowest BCUT2D eigenvalue weighted by Gasteiger charge is -2.14. The average Bonchev–Trinajstić information content (AvgIpc) is 2.72. The molecular weight excluding hydrogens is 158 g/mol. The molecule has 1 aliphatic heterocycles. The van der Waals surface area contributed by atoms with Gasteiger partial charge in [-0.05, 0) is 19.3 Å². The van der Waals surface area contributed by atoms with Gasteiger partial charge in [-0.2, -0.15) is 0 Å².